The first-order valence-electron chi connectivity index (χ1n) is 7.08. The molecule has 0 fully saturated rings. The van der Waals surface area contributed by atoms with Crippen LogP contribution in [0.4, 0.5) is 0 Å². The highest BCUT2D eigenvalue weighted by Crippen LogP contribution is 2.27. The fourth-order valence-corrected chi connectivity index (χ4v) is 2.47. The van der Waals surface area contributed by atoms with Gasteiger partial charge in [-0.2, -0.15) is 0 Å². The average molecular weight is 290 g/mol. The molecule has 0 aromatic heterocycles. The Kier molecular flexibility index (Phi) is 4.05. The van der Waals surface area contributed by atoms with Gasteiger partial charge < -0.3 is 10.1 Å². The fourth-order valence-electron chi connectivity index (χ4n) is 2.47. The molecule has 0 saturated heterocycles. The lowest BCUT2D eigenvalue weighted by Crippen LogP contribution is -2.23. The molecule has 0 unspecified atom stereocenters. The lowest BCUT2D eigenvalue weighted by Gasteiger charge is -2.12. The molecule has 1 amide bonds. The quantitative estimate of drug-likeness (QED) is 0.797. The van der Waals surface area contributed by atoms with Gasteiger partial charge in [0.2, 0.25) is 0 Å². The van der Waals surface area contributed by atoms with Crippen LogP contribution in [0.2, 0.25) is 0 Å². The van der Waals surface area contributed by atoms with E-state index >= 15 is 0 Å². The molecule has 3 rings (SSSR count). The van der Waals surface area contributed by atoms with Crippen molar-refractivity contribution >= 4 is 16.7 Å². The molecule has 109 valence electrons. The molecule has 22 heavy (non-hydrogen) atoms. The third-order valence-corrected chi connectivity index (χ3v) is 3.58. The topological polar surface area (TPSA) is 38.3 Å². The molecule has 3 aromatic carbocycles. The van der Waals surface area contributed by atoms with Crippen molar-refractivity contribution in [1.82, 2.24) is 5.32 Å². The van der Waals surface area contributed by atoms with Crippen LogP contribution in [0, 0.1) is 6.07 Å². The van der Waals surface area contributed by atoms with E-state index in [1.807, 2.05) is 60.7 Å². The average Bonchev–Trinajstić information content (AvgIpc) is 2.59. The Morgan fingerprint density at radius 2 is 1.86 bits per heavy atom. The Bertz CT molecular complexity index is 797. The molecule has 0 aliphatic rings. The van der Waals surface area contributed by atoms with E-state index in [1.165, 1.54) is 0 Å². The van der Waals surface area contributed by atoms with Gasteiger partial charge in [0.1, 0.15) is 5.75 Å². The Balaban J connectivity index is 1.92. The second-order valence-electron chi connectivity index (χ2n) is 4.95. The zero-order valence-corrected chi connectivity index (χ0v) is 12.3. The summed E-state index contributed by atoms with van der Waals surface area (Å²) in [6, 6.07) is 22.1. The summed E-state index contributed by atoms with van der Waals surface area (Å²) < 4.78 is 5.36. The van der Waals surface area contributed by atoms with Crippen molar-refractivity contribution in [1.29, 1.82) is 0 Å². The number of hydrogen-bond acceptors (Lipinski definition) is 2. The van der Waals surface area contributed by atoms with E-state index in [0.717, 1.165) is 16.3 Å². The van der Waals surface area contributed by atoms with Crippen LogP contribution in [0.25, 0.3) is 10.8 Å². The van der Waals surface area contributed by atoms with E-state index in [-0.39, 0.29) is 5.91 Å². The summed E-state index contributed by atoms with van der Waals surface area (Å²) >= 11 is 0. The van der Waals surface area contributed by atoms with Crippen molar-refractivity contribution in [2.24, 2.45) is 0 Å². The van der Waals surface area contributed by atoms with Crippen LogP contribution in [0.3, 0.4) is 0 Å². The van der Waals surface area contributed by atoms with E-state index in [0.29, 0.717) is 17.9 Å². The summed E-state index contributed by atoms with van der Waals surface area (Å²) in [5, 5.41) is 4.86. The molecule has 0 spiro atoms. The number of carbonyl (C=O) groups is 1. The summed E-state index contributed by atoms with van der Waals surface area (Å²) in [5.41, 5.74) is 1.61. The number of rotatable bonds is 4. The number of methoxy groups -OCH3 is 1. The molecule has 0 bridgehead atoms. The molecule has 0 aliphatic heterocycles. The third kappa shape index (κ3) is 2.79. The molecule has 3 heteroatoms. The Hall–Kier alpha value is -2.81. The summed E-state index contributed by atoms with van der Waals surface area (Å²) in [5.74, 6) is 0.444. The third-order valence-electron chi connectivity index (χ3n) is 3.58. The van der Waals surface area contributed by atoms with E-state index in [2.05, 4.69) is 11.4 Å². The van der Waals surface area contributed by atoms with E-state index < -0.39 is 0 Å². The van der Waals surface area contributed by atoms with Gasteiger partial charge in [0.25, 0.3) is 5.91 Å². The molecule has 0 atom stereocenters. The summed E-state index contributed by atoms with van der Waals surface area (Å²) in [6.07, 6.45) is 0. The first kappa shape index (κ1) is 14.1. The van der Waals surface area contributed by atoms with Gasteiger partial charge in [-0.05, 0) is 28.5 Å². The van der Waals surface area contributed by atoms with Gasteiger partial charge in [0.15, 0.2) is 0 Å². The normalized spacial score (nSPS) is 10.4. The fraction of sp³-hybridized carbons (Fsp3) is 0.105. The van der Waals surface area contributed by atoms with Crippen molar-refractivity contribution in [3.05, 3.63) is 77.9 Å². The lowest BCUT2D eigenvalue weighted by molar-refractivity contribution is 0.0949. The Morgan fingerprint density at radius 1 is 1.09 bits per heavy atom. The van der Waals surface area contributed by atoms with Crippen molar-refractivity contribution in [2.45, 2.75) is 6.54 Å². The number of ether oxygens (including phenoxy) is 1. The second kappa shape index (κ2) is 6.31. The molecule has 1 radical (unpaired) electrons. The smallest absolute Gasteiger partial charge is 0.255 e. The molecule has 3 aromatic rings. The maximum atomic E-state index is 12.6. The zero-order chi connectivity index (χ0) is 15.4. The number of benzene rings is 3. The van der Waals surface area contributed by atoms with Crippen molar-refractivity contribution in [3.8, 4) is 5.75 Å². The predicted octanol–water partition coefficient (Wildman–Crippen LogP) is 3.58. The number of fused-ring (bicyclic) bond motifs is 1. The van der Waals surface area contributed by atoms with E-state index in [1.54, 1.807) is 7.11 Å². The van der Waals surface area contributed by atoms with Gasteiger partial charge in [-0.1, -0.05) is 54.6 Å². The molecule has 3 nitrogen and oxygen atoms in total. The van der Waals surface area contributed by atoms with Crippen molar-refractivity contribution in [2.75, 3.05) is 7.11 Å². The highest BCUT2D eigenvalue weighted by molar-refractivity contribution is 6.09. The number of nitrogens with one attached hydrogen (secondary N) is 1. The van der Waals surface area contributed by atoms with Crippen LogP contribution in [0.1, 0.15) is 15.9 Å². The number of carbonyl (C=O) groups excluding carboxylic acids is 1. The first-order chi connectivity index (χ1) is 10.8. The van der Waals surface area contributed by atoms with Crippen LogP contribution >= 0.6 is 0 Å². The van der Waals surface area contributed by atoms with Gasteiger partial charge in [-0.15, -0.1) is 0 Å². The van der Waals surface area contributed by atoms with Crippen LogP contribution in [-0.2, 0) is 6.54 Å². The Morgan fingerprint density at radius 3 is 2.64 bits per heavy atom. The molecular weight excluding hydrogens is 274 g/mol. The molecular formula is C19H16NO2. The highest BCUT2D eigenvalue weighted by atomic mass is 16.5. The molecule has 0 heterocycles. The zero-order valence-electron chi connectivity index (χ0n) is 12.3. The van der Waals surface area contributed by atoms with E-state index in [4.69, 9.17) is 4.74 Å². The maximum absolute atomic E-state index is 12.6. The molecule has 0 aliphatic carbocycles. The monoisotopic (exact) mass is 290 g/mol. The largest absolute Gasteiger partial charge is 0.496 e. The predicted molar refractivity (Wildman–Crippen MR) is 86.9 cm³/mol. The number of amides is 1. The standard InChI is InChI=1S/C19H16NO2/c1-22-17-12-11-15-9-5-6-10-16(15)18(17)19(21)20-13-14-7-3-2-4-8-14/h3-12H,13H2,1H3,(H,20,21). The van der Waals surface area contributed by atoms with Crippen LogP contribution in [-0.4, -0.2) is 13.0 Å². The van der Waals surface area contributed by atoms with Gasteiger partial charge in [-0.3, -0.25) is 4.79 Å². The molecule has 0 saturated carbocycles. The maximum Gasteiger partial charge on any atom is 0.255 e. The second-order valence-corrected chi connectivity index (χ2v) is 4.95. The SMILES string of the molecule is COc1ccc2ccccc2c1C(=O)NCc1cc[c]cc1. The van der Waals surface area contributed by atoms with Gasteiger partial charge in [0.05, 0.1) is 12.7 Å². The van der Waals surface area contributed by atoms with E-state index in [9.17, 15) is 4.79 Å². The highest BCUT2D eigenvalue weighted by Gasteiger charge is 2.15. The summed E-state index contributed by atoms with van der Waals surface area (Å²) in [4.78, 5) is 12.6. The van der Waals surface area contributed by atoms with Crippen molar-refractivity contribution < 1.29 is 9.53 Å². The Labute approximate surface area is 129 Å². The lowest BCUT2D eigenvalue weighted by atomic mass is 10.0. The van der Waals surface area contributed by atoms with Gasteiger partial charge in [0, 0.05) is 6.54 Å². The minimum Gasteiger partial charge on any atom is -0.496 e. The molecule has 1 N–H and O–H groups in total. The minimum atomic E-state index is -0.138. The first-order valence-corrected chi connectivity index (χ1v) is 7.08. The van der Waals surface area contributed by atoms with Crippen LogP contribution in [0.5, 0.6) is 5.75 Å². The minimum absolute atomic E-state index is 0.138. The van der Waals surface area contributed by atoms with Crippen molar-refractivity contribution in [3.63, 3.8) is 0 Å². The summed E-state index contributed by atoms with van der Waals surface area (Å²) in [6.45, 7) is 0.472. The van der Waals surface area contributed by atoms with Crippen LogP contribution < -0.4 is 10.1 Å². The summed E-state index contributed by atoms with van der Waals surface area (Å²) in [7, 11) is 1.58. The van der Waals surface area contributed by atoms with Crippen LogP contribution in [0.15, 0.2) is 60.7 Å². The van der Waals surface area contributed by atoms with Gasteiger partial charge in [-0.25, -0.2) is 0 Å². The number of hydrogen-bond donors (Lipinski definition) is 1. The van der Waals surface area contributed by atoms with Gasteiger partial charge >= 0.3 is 0 Å².